The first-order valence-electron chi connectivity index (χ1n) is 13.1. The molecule has 6 rings (SSSR count). The SMILES string of the molecule is Cc1cc2nc(N(Cc3cccnc3)C(=O)c3ccc(S(=O)(=O)N4CCc5ccccc5C4)cc3)sc2cc1C. The van der Waals surface area contributed by atoms with Crippen molar-refractivity contribution in [3.63, 3.8) is 0 Å². The highest BCUT2D eigenvalue weighted by atomic mass is 32.2. The van der Waals surface area contributed by atoms with Crippen LogP contribution in [0.5, 0.6) is 0 Å². The molecular weight excluding hydrogens is 541 g/mol. The summed E-state index contributed by atoms with van der Waals surface area (Å²) in [6.45, 7) is 5.16. The lowest BCUT2D eigenvalue weighted by atomic mass is 10.0. The van der Waals surface area contributed by atoms with Crippen molar-refractivity contribution in [3.05, 3.63) is 119 Å². The molecule has 202 valence electrons. The van der Waals surface area contributed by atoms with Crippen molar-refractivity contribution in [2.24, 2.45) is 0 Å². The summed E-state index contributed by atoms with van der Waals surface area (Å²) >= 11 is 1.46. The van der Waals surface area contributed by atoms with Crippen LogP contribution in [0.1, 0.15) is 38.2 Å². The summed E-state index contributed by atoms with van der Waals surface area (Å²) in [5, 5.41) is 0.581. The number of carbonyl (C=O) groups excluding carboxylic acids is 1. The molecular formula is C31H28N4O3S2. The number of anilines is 1. The second kappa shape index (κ2) is 10.6. The fraction of sp³-hybridized carbons (Fsp3) is 0.194. The smallest absolute Gasteiger partial charge is 0.260 e. The maximum Gasteiger partial charge on any atom is 0.260 e. The number of hydrogen-bond donors (Lipinski definition) is 0. The molecule has 0 atom stereocenters. The number of rotatable bonds is 6. The summed E-state index contributed by atoms with van der Waals surface area (Å²) in [5.74, 6) is -0.257. The van der Waals surface area contributed by atoms with Gasteiger partial charge in [0.2, 0.25) is 10.0 Å². The highest BCUT2D eigenvalue weighted by molar-refractivity contribution is 7.89. The molecule has 1 amide bonds. The number of benzene rings is 3. The number of nitrogens with zero attached hydrogens (tertiary/aromatic N) is 4. The largest absolute Gasteiger partial charge is 0.279 e. The van der Waals surface area contributed by atoms with Crippen molar-refractivity contribution in [1.82, 2.24) is 14.3 Å². The van der Waals surface area contributed by atoms with E-state index >= 15 is 0 Å². The Morgan fingerprint density at radius 2 is 1.73 bits per heavy atom. The molecule has 0 bridgehead atoms. The molecule has 0 spiro atoms. The number of thiazole rings is 1. The molecule has 1 aliphatic rings. The van der Waals surface area contributed by atoms with Gasteiger partial charge in [-0.1, -0.05) is 41.7 Å². The van der Waals surface area contributed by atoms with E-state index in [2.05, 4.69) is 18.0 Å². The molecule has 3 aromatic carbocycles. The minimum absolute atomic E-state index is 0.174. The van der Waals surface area contributed by atoms with Crippen molar-refractivity contribution in [2.75, 3.05) is 11.4 Å². The Labute approximate surface area is 237 Å². The van der Waals surface area contributed by atoms with E-state index in [1.165, 1.54) is 38.9 Å². The molecule has 0 N–H and O–H groups in total. The van der Waals surface area contributed by atoms with Crippen molar-refractivity contribution in [1.29, 1.82) is 0 Å². The van der Waals surface area contributed by atoms with E-state index in [0.29, 0.717) is 30.2 Å². The van der Waals surface area contributed by atoms with Crippen LogP contribution in [0.15, 0.2) is 90.1 Å². The quantitative estimate of drug-likeness (QED) is 0.255. The molecule has 5 aromatic rings. The number of pyridine rings is 1. The van der Waals surface area contributed by atoms with E-state index < -0.39 is 10.0 Å². The van der Waals surface area contributed by atoms with Crippen LogP contribution >= 0.6 is 11.3 Å². The zero-order valence-corrected chi connectivity index (χ0v) is 23.9. The summed E-state index contributed by atoms with van der Waals surface area (Å²) < 4.78 is 29.4. The summed E-state index contributed by atoms with van der Waals surface area (Å²) in [5.41, 5.74) is 6.62. The minimum Gasteiger partial charge on any atom is -0.279 e. The van der Waals surface area contributed by atoms with E-state index in [4.69, 9.17) is 4.98 Å². The summed E-state index contributed by atoms with van der Waals surface area (Å²) in [4.78, 5) is 24.7. The normalized spacial score (nSPS) is 13.8. The lowest BCUT2D eigenvalue weighted by Gasteiger charge is -2.28. The van der Waals surface area contributed by atoms with Gasteiger partial charge in [-0.05, 0) is 90.6 Å². The fourth-order valence-corrected chi connectivity index (χ4v) is 7.40. The summed E-state index contributed by atoms with van der Waals surface area (Å²) in [7, 11) is -3.70. The fourth-order valence-electron chi connectivity index (χ4n) is 4.93. The van der Waals surface area contributed by atoms with Gasteiger partial charge in [0.05, 0.1) is 21.7 Å². The topological polar surface area (TPSA) is 83.5 Å². The molecule has 2 aromatic heterocycles. The van der Waals surface area contributed by atoms with Gasteiger partial charge < -0.3 is 0 Å². The first-order valence-corrected chi connectivity index (χ1v) is 15.3. The molecule has 0 aliphatic carbocycles. The zero-order valence-electron chi connectivity index (χ0n) is 22.2. The number of hydrogen-bond acceptors (Lipinski definition) is 6. The molecule has 0 fully saturated rings. The van der Waals surface area contributed by atoms with Crippen LogP contribution in [0.4, 0.5) is 5.13 Å². The standard InChI is InChI=1S/C31H28N4O3S2/c1-21-16-28-29(17-22(21)2)39-31(33-28)35(19-23-6-5-14-32-18-23)30(36)25-9-11-27(12-10-25)40(37,38)34-15-13-24-7-3-4-8-26(24)20-34/h3-12,14,16-18H,13,15,19-20H2,1-2H3. The van der Waals surface area contributed by atoms with Crippen LogP contribution in [0.3, 0.4) is 0 Å². The Morgan fingerprint density at radius 3 is 2.48 bits per heavy atom. The van der Waals surface area contributed by atoms with E-state index in [1.807, 2.05) is 49.4 Å². The van der Waals surface area contributed by atoms with Crippen LogP contribution in [-0.2, 0) is 29.5 Å². The van der Waals surface area contributed by atoms with Crippen molar-refractivity contribution >= 4 is 42.6 Å². The van der Waals surface area contributed by atoms with Crippen molar-refractivity contribution < 1.29 is 13.2 Å². The van der Waals surface area contributed by atoms with Gasteiger partial charge >= 0.3 is 0 Å². The monoisotopic (exact) mass is 568 g/mol. The van der Waals surface area contributed by atoms with Gasteiger partial charge in [0.15, 0.2) is 5.13 Å². The Balaban J connectivity index is 1.30. The second-order valence-electron chi connectivity index (χ2n) is 10.0. The van der Waals surface area contributed by atoms with Crippen LogP contribution in [0.2, 0.25) is 0 Å². The van der Waals surface area contributed by atoms with Crippen LogP contribution in [0, 0.1) is 13.8 Å². The highest BCUT2D eigenvalue weighted by Gasteiger charge is 2.29. The summed E-state index contributed by atoms with van der Waals surface area (Å²) in [6.07, 6.45) is 4.10. The maximum atomic E-state index is 13.9. The van der Waals surface area contributed by atoms with E-state index in [9.17, 15) is 13.2 Å². The Morgan fingerprint density at radius 1 is 0.975 bits per heavy atom. The number of sulfonamides is 1. The zero-order chi connectivity index (χ0) is 27.9. The van der Waals surface area contributed by atoms with Crippen LogP contribution in [0.25, 0.3) is 10.2 Å². The van der Waals surface area contributed by atoms with Crippen LogP contribution in [-0.4, -0.2) is 35.1 Å². The second-order valence-corrected chi connectivity index (χ2v) is 13.0. The average Bonchev–Trinajstić information content (AvgIpc) is 3.38. The lowest BCUT2D eigenvalue weighted by Crippen LogP contribution is -2.36. The van der Waals surface area contributed by atoms with Gasteiger partial charge in [-0.15, -0.1) is 0 Å². The van der Waals surface area contributed by atoms with Gasteiger partial charge in [0.1, 0.15) is 0 Å². The average molecular weight is 569 g/mol. The van der Waals surface area contributed by atoms with E-state index in [0.717, 1.165) is 26.9 Å². The molecule has 7 nitrogen and oxygen atoms in total. The Hall–Kier alpha value is -3.92. The Kier molecular flexibility index (Phi) is 6.95. The Bertz CT molecular complexity index is 1780. The minimum atomic E-state index is -3.70. The predicted molar refractivity (Wildman–Crippen MR) is 158 cm³/mol. The molecule has 0 unspecified atom stereocenters. The van der Waals surface area contributed by atoms with Gasteiger partial charge in [-0.3, -0.25) is 14.7 Å². The molecule has 0 radical (unpaired) electrons. The molecule has 40 heavy (non-hydrogen) atoms. The van der Waals surface area contributed by atoms with Crippen LogP contribution < -0.4 is 4.90 Å². The third-order valence-corrected chi connectivity index (χ3v) is 10.3. The number of fused-ring (bicyclic) bond motifs is 2. The molecule has 1 aliphatic heterocycles. The van der Waals surface area contributed by atoms with Gasteiger partial charge in [-0.2, -0.15) is 4.31 Å². The van der Waals surface area contributed by atoms with E-state index in [-0.39, 0.29) is 17.3 Å². The van der Waals surface area contributed by atoms with Crippen molar-refractivity contribution in [3.8, 4) is 0 Å². The first-order chi connectivity index (χ1) is 19.3. The third-order valence-electron chi connectivity index (χ3n) is 7.37. The van der Waals surface area contributed by atoms with Gasteiger partial charge in [0, 0.05) is 31.0 Å². The third kappa shape index (κ3) is 5.03. The van der Waals surface area contributed by atoms with Gasteiger partial charge in [-0.25, -0.2) is 13.4 Å². The van der Waals surface area contributed by atoms with E-state index in [1.54, 1.807) is 29.4 Å². The predicted octanol–water partition coefficient (Wildman–Crippen LogP) is 5.90. The van der Waals surface area contributed by atoms with Crippen molar-refractivity contribution in [2.45, 2.75) is 38.3 Å². The first kappa shape index (κ1) is 26.3. The lowest BCUT2D eigenvalue weighted by molar-refractivity contribution is 0.0985. The number of aryl methyl sites for hydroxylation is 2. The van der Waals surface area contributed by atoms with Gasteiger partial charge in [0.25, 0.3) is 5.91 Å². The number of carbonyl (C=O) groups is 1. The molecule has 9 heteroatoms. The summed E-state index contributed by atoms with van der Waals surface area (Å²) in [6, 6.07) is 22.0. The highest BCUT2D eigenvalue weighted by Crippen LogP contribution is 2.33. The maximum absolute atomic E-state index is 13.9. The number of aromatic nitrogens is 2. The molecule has 0 saturated carbocycles. The number of amides is 1. The molecule has 3 heterocycles. The molecule has 0 saturated heterocycles.